The summed E-state index contributed by atoms with van der Waals surface area (Å²) < 4.78 is 5.10. The van der Waals surface area contributed by atoms with Gasteiger partial charge in [-0.25, -0.2) is 0 Å². The van der Waals surface area contributed by atoms with Crippen molar-refractivity contribution in [3.05, 3.63) is 52.9 Å². The van der Waals surface area contributed by atoms with Gasteiger partial charge in [-0.3, -0.25) is 4.79 Å². The molecule has 2 aromatic rings. The molecule has 0 unspecified atom stereocenters. The van der Waals surface area contributed by atoms with Gasteiger partial charge in [-0.05, 0) is 40.8 Å². The summed E-state index contributed by atoms with van der Waals surface area (Å²) in [4.78, 5) is 12.0. The SMILES string of the molecule is CC(C)(C)c1ccccc1NC(=O)c1ccc(Cl)o1. The van der Waals surface area contributed by atoms with E-state index in [9.17, 15) is 4.79 Å². The van der Waals surface area contributed by atoms with E-state index in [-0.39, 0.29) is 22.3 Å². The monoisotopic (exact) mass is 277 g/mol. The van der Waals surface area contributed by atoms with Crippen LogP contribution in [0.4, 0.5) is 5.69 Å². The van der Waals surface area contributed by atoms with E-state index in [2.05, 4.69) is 26.1 Å². The predicted octanol–water partition coefficient (Wildman–Crippen LogP) is 4.48. The topological polar surface area (TPSA) is 42.2 Å². The highest BCUT2D eigenvalue weighted by atomic mass is 35.5. The van der Waals surface area contributed by atoms with Gasteiger partial charge < -0.3 is 9.73 Å². The Balaban J connectivity index is 2.27. The fraction of sp³-hybridized carbons (Fsp3) is 0.267. The van der Waals surface area contributed by atoms with Gasteiger partial charge in [-0.1, -0.05) is 39.0 Å². The molecule has 0 saturated heterocycles. The maximum atomic E-state index is 12.0. The molecule has 0 bridgehead atoms. The fourth-order valence-electron chi connectivity index (χ4n) is 1.87. The Morgan fingerprint density at radius 2 is 1.84 bits per heavy atom. The zero-order valence-electron chi connectivity index (χ0n) is 11.2. The Morgan fingerprint density at radius 3 is 2.42 bits per heavy atom. The van der Waals surface area contributed by atoms with Gasteiger partial charge in [-0.15, -0.1) is 0 Å². The number of carbonyl (C=O) groups excluding carboxylic acids is 1. The molecule has 1 amide bonds. The second-order valence-electron chi connectivity index (χ2n) is 5.35. The van der Waals surface area contributed by atoms with E-state index in [4.69, 9.17) is 16.0 Å². The Kier molecular flexibility index (Phi) is 3.67. The van der Waals surface area contributed by atoms with Gasteiger partial charge >= 0.3 is 0 Å². The van der Waals surface area contributed by atoms with Crippen LogP contribution in [-0.4, -0.2) is 5.91 Å². The van der Waals surface area contributed by atoms with E-state index in [1.165, 1.54) is 0 Å². The van der Waals surface area contributed by atoms with Crippen molar-refractivity contribution in [1.29, 1.82) is 0 Å². The smallest absolute Gasteiger partial charge is 0.291 e. The van der Waals surface area contributed by atoms with Crippen LogP contribution in [-0.2, 0) is 5.41 Å². The van der Waals surface area contributed by atoms with E-state index in [1.54, 1.807) is 12.1 Å². The van der Waals surface area contributed by atoms with Gasteiger partial charge in [0.25, 0.3) is 5.91 Å². The maximum absolute atomic E-state index is 12.0. The van der Waals surface area contributed by atoms with Crippen LogP contribution in [0.5, 0.6) is 0 Å². The van der Waals surface area contributed by atoms with Crippen molar-refractivity contribution in [3.63, 3.8) is 0 Å². The molecular weight excluding hydrogens is 262 g/mol. The first-order valence-corrected chi connectivity index (χ1v) is 6.42. The number of hydrogen-bond donors (Lipinski definition) is 1. The van der Waals surface area contributed by atoms with Crippen LogP contribution in [0, 0.1) is 0 Å². The molecular formula is C15H16ClNO2. The largest absolute Gasteiger partial charge is 0.440 e. The van der Waals surface area contributed by atoms with E-state index in [1.807, 2.05) is 24.3 Å². The normalized spacial score (nSPS) is 11.4. The molecule has 1 N–H and O–H groups in total. The quantitative estimate of drug-likeness (QED) is 0.879. The molecule has 1 aromatic heterocycles. The molecule has 4 heteroatoms. The first-order valence-electron chi connectivity index (χ1n) is 6.04. The van der Waals surface area contributed by atoms with Gasteiger partial charge in [0, 0.05) is 5.69 Å². The summed E-state index contributed by atoms with van der Waals surface area (Å²) in [6.07, 6.45) is 0. The second kappa shape index (κ2) is 5.10. The predicted molar refractivity (Wildman–Crippen MR) is 76.8 cm³/mol. The van der Waals surface area contributed by atoms with Crippen molar-refractivity contribution in [2.75, 3.05) is 5.32 Å². The summed E-state index contributed by atoms with van der Waals surface area (Å²) in [6, 6.07) is 10.8. The van der Waals surface area contributed by atoms with Crippen LogP contribution >= 0.6 is 11.6 Å². The first-order chi connectivity index (χ1) is 8.88. The lowest BCUT2D eigenvalue weighted by atomic mass is 9.86. The fourth-order valence-corrected chi connectivity index (χ4v) is 2.01. The number of para-hydroxylation sites is 1. The summed E-state index contributed by atoms with van der Waals surface area (Å²) in [5, 5.41) is 3.06. The van der Waals surface area contributed by atoms with Gasteiger partial charge in [-0.2, -0.15) is 0 Å². The van der Waals surface area contributed by atoms with Crippen LogP contribution in [0.15, 0.2) is 40.8 Å². The number of hydrogen-bond acceptors (Lipinski definition) is 2. The number of nitrogens with one attached hydrogen (secondary N) is 1. The number of halogens is 1. The van der Waals surface area contributed by atoms with Gasteiger partial charge in [0.15, 0.2) is 11.0 Å². The molecule has 1 heterocycles. The Morgan fingerprint density at radius 1 is 1.16 bits per heavy atom. The molecule has 0 atom stereocenters. The molecule has 0 saturated carbocycles. The molecule has 0 aliphatic rings. The minimum Gasteiger partial charge on any atom is -0.440 e. The van der Waals surface area contributed by atoms with E-state index in [0.29, 0.717) is 0 Å². The minimum atomic E-state index is -0.302. The van der Waals surface area contributed by atoms with Crippen molar-refractivity contribution >= 4 is 23.2 Å². The maximum Gasteiger partial charge on any atom is 0.291 e. The number of benzene rings is 1. The highest BCUT2D eigenvalue weighted by molar-refractivity contribution is 6.29. The third kappa shape index (κ3) is 3.18. The summed E-state index contributed by atoms with van der Waals surface area (Å²) in [7, 11) is 0. The molecule has 0 aliphatic heterocycles. The number of furan rings is 1. The van der Waals surface area contributed by atoms with Crippen molar-refractivity contribution in [3.8, 4) is 0 Å². The number of anilines is 1. The van der Waals surface area contributed by atoms with Crippen molar-refractivity contribution in [2.45, 2.75) is 26.2 Å². The van der Waals surface area contributed by atoms with E-state index in [0.717, 1.165) is 11.3 Å². The lowest BCUT2D eigenvalue weighted by Gasteiger charge is -2.22. The lowest BCUT2D eigenvalue weighted by molar-refractivity contribution is 0.0996. The van der Waals surface area contributed by atoms with Crippen molar-refractivity contribution in [2.24, 2.45) is 0 Å². The molecule has 3 nitrogen and oxygen atoms in total. The molecule has 19 heavy (non-hydrogen) atoms. The number of amides is 1. The summed E-state index contributed by atoms with van der Waals surface area (Å²) >= 11 is 5.66. The number of carbonyl (C=O) groups is 1. The molecule has 2 rings (SSSR count). The molecule has 0 spiro atoms. The molecule has 0 radical (unpaired) electrons. The molecule has 100 valence electrons. The minimum absolute atomic E-state index is 0.0509. The number of rotatable bonds is 2. The van der Waals surface area contributed by atoms with Gasteiger partial charge in [0.2, 0.25) is 0 Å². The third-order valence-corrected chi connectivity index (χ3v) is 2.98. The highest BCUT2D eigenvalue weighted by Crippen LogP contribution is 2.29. The van der Waals surface area contributed by atoms with Crippen molar-refractivity contribution in [1.82, 2.24) is 0 Å². The van der Waals surface area contributed by atoms with Crippen LogP contribution in [0.2, 0.25) is 5.22 Å². The third-order valence-electron chi connectivity index (χ3n) is 2.78. The highest BCUT2D eigenvalue weighted by Gasteiger charge is 2.19. The van der Waals surface area contributed by atoms with E-state index >= 15 is 0 Å². The zero-order valence-corrected chi connectivity index (χ0v) is 11.9. The first kappa shape index (κ1) is 13.7. The Hall–Kier alpha value is -1.74. The van der Waals surface area contributed by atoms with Crippen LogP contribution in [0.25, 0.3) is 0 Å². The van der Waals surface area contributed by atoms with Crippen LogP contribution in [0.1, 0.15) is 36.9 Å². The Bertz CT molecular complexity index is 596. The molecule has 1 aromatic carbocycles. The summed E-state index contributed by atoms with van der Waals surface area (Å²) in [5.74, 6) is -0.0997. The summed E-state index contributed by atoms with van der Waals surface area (Å²) in [5.41, 5.74) is 1.80. The lowest BCUT2D eigenvalue weighted by Crippen LogP contribution is -2.18. The molecule has 0 fully saturated rings. The van der Waals surface area contributed by atoms with Gasteiger partial charge in [0.1, 0.15) is 0 Å². The second-order valence-corrected chi connectivity index (χ2v) is 5.73. The Labute approximate surface area is 117 Å². The summed E-state index contributed by atoms with van der Waals surface area (Å²) in [6.45, 7) is 6.30. The standard InChI is InChI=1S/C15H16ClNO2/c1-15(2,3)10-6-4-5-7-11(10)17-14(18)12-8-9-13(16)19-12/h4-9H,1-3H3,(H,17,18). The van der Waals surface area contributed by atoms with Gasteiger partial charge in [0.05, 0.1) is 0 Å². The van der Waals surface area contributed by atoms with Crippen molar-refractivity contribution < 1.29 is 9.21 Å². The van der Waals surface area contributed by atoms with Crippen LogP contribution < -0.4 is 5.32 Å². The zero-order chi connectivity index (χ0) is 14.0. The van der Waals surface area contributed by atoms with Crippen LogP contribution in [0.3, 0.4) is 0 Å². The average molecular weight is 278 g/mol. The average Bonchev–Trinajstić information content (AvgIpc) is 2.75. The molecule has 0 aliphatic carbocycles. The van der Waals surface area contributed by atoms with E-state index < -0.39 is 0 Å².